The maximum atomic E-state index is 12.2. The van der Waals surface area contributed by atoms with Crippen molar-refractivity contribution in [2.24, 2.45) is 0 Å². The number of hydrogen-bond acceptors (Lipinski definition) is 6. The highest BCUT2D eigenvalue weighted by Crippen LogP contribution is 2.24. The summed E-state index contributed by atoms with van der Waals surface area (Å²) in [4.78, 5) is 31.4. The Morgan fingerprint density at radius 2 is 1.71 bits per heavy atom. The fourth-order valence-electron chi connectivity index (χ4n) is 1.72. The van der Waals surface area contributed by atoms with Crippen LogP contribution in [0, 0.1) is 6.92 Å². The van der Waals surface area contributed by atoms with Crippen LogP contribution < -0.4 is 5.32 Å². The van der Waals surface area contributed by atoms with Crippen LogP contribution in [0.2, 0.25) is 0 Å². The van der Waals surface area contributed by atoms with Crippen molar-refractivity contribution in [3.8, 4) is 0 Å². The molecular weight excluding hydrogens is 423 g/mol. The highest BCUT2D eigenvalue weighted by Gasteiger charge is 2.38. The smallest absolute Gasteiger partial charge is 0.481 e. The molecule has 0 aliphatic heterocycles. The highest BCUT2D eigenvalue weighted by atomic mass is 33.1. The number of rotatable bonds is 9. The topological polar surface area (TPSA) is 117 Å². The van der Waals surface area contributed by atoms with E-state index in [0.29, 0.717) is 23.6 Å². The number of halogens is 3. The molecule has 0 spiro atoms. The van der Waals surface area contributed by atoms with Gasteiger partial charge in [-0.05, 0) is 6.92 Å². The first-order valence-corrected chi connectivity index (χ1v) is 10.5. The average Bonchev–Trinajstić information content (AvgIpc) is 2.95. The SMILES string of the molecule is Cc1coc(C(C)C)c1C(=O)NCCSSCCC(=O)O.O=C(O)C(F)(F)F. The second-order valence-corrected chi connectivity index (χ2v) is 8.36. The van der Waals surface area contributed by atoms with E-state index in [1.807, 2.05) is 20.8 Å². The number of furan rings is 1. The Hall–Kier alpha value is -1.82. The number of aryl methyl sites for hydroxylation is 1. The van der Waals surface area contributed by atoms with Crippen molar-refractivity contribution in [3.05, 3.63) is 23.2 Å². The molecule has 0 aliphatic rings. The van der Waals surface area contributed by atoms with Crippen molar-refractivity contribution >= 4 is 39.4 Å². The Morgan fingerprint density at radius 3 is 2.18 bits per heavy atom. The predicted octanol–water partition coefficient (Wildman–Crippen LogP) is 3.93. The van der Waals surface area contributed by atoms with Gasteiger partial charge < -0.3 is 19.9 Å². The Balaban J connectivity index is 0.000000887. The van der Waals surface area contributed by atoms with Gasteiger partial charge in [0.05, 0.1) is 18.2 Å². The molecule has 0 aliphatic carbocycles. The molecule has 0 unspecified atom stereocenters. The minimum Gasteiger partial charge on any atom is -0.481 e. The molecule has 0 saturated heterocycles. The van der Waals surface area contributed by atoms with E-state index >= 15 is 0 Å². The first kappa shape index (κ1) is 26.2. The van der Waals surface area contributed by atoms with Crippen molar-refractivity contribution in [2.75, 3.05) is 18.1 Å². The largest absolute Gasteiger partial charge is 0.490 e. The van der Waals surface area contributed by atoms with Crippen LogP contribution in [0.3, 0.4) is 0 Å². The minimum atomic E-state index is -5.08. The first-order valence-electron chi connectivity index (χ1n) is 8.00. The zero-order valence-electron chi connectivity index (χ0n) is 15.5. The number of amides is 1. The summed E-state index contributed by atoms with van der Waals surface area (Å²) in [7, 11) is 3.07. The summed E-state index contributed by atoms with van der Waals surface area (Å²) in [5, 5.41) is 18.5. The van der Waals surface area contributed by atoms with Crippen LogP contribution in [0.15, 0.2) is 10.7 Å². The van der Waals surface area contributed by atoms with Crippen LogP contribution in [0.25, 0.3) is 0 Å². The molecule has 0 saturated carbocycles. The van der Waals surface area contributed by atoms with E-state index in [1.165, 1.54) is 10.8 Å². The Labute approximate surface area is 167 Å². The molecule has 12 heteroatoms. The molecule has 0 bridgehead atoms. The molecule has 1 heterocycles. The van der Waals surface area contributed by atoms with Gasteiger partial charge in [-0.2, -0.15) is 13.2 Å². The molecule has 160 valence electrons. The van der Waals surface area contributed by atoms with Crippen LogP contribution in [-0.4, -0.2) is 52.3 Å². The molecule has 1 aromatic heterocycles. The van der Waals surface area contributed by atoms with Crippen molar-refractivity contribution in [2.45, 2.75) is 39.3 Å². The van der Waals surface area contributed by atoms with Gasteiger partial charge in [0.2, 0.25) is 0 Å². The van der Waals surface area contributed by atoms with Gasteiger partial charge in [0.1, 0.15) is 5.76 Å². The Kier molecular flexibility index (Phi) is 11.8. The predicted molar refractivity (Wildman–Crippen MR) is 101 cm³/mol. The van der Waals surface area contributed by atoms with E-state index < -0.39 is 18.1 Å². The third kappa shape index (κ3) is 10.5. The van der Waals surface area contributed by atoms with E-state index in [2.05, 4.69) is 5.32 Å². The molecule has 1 aromatic rings. The lowest BCUT2D eigenvalue weighted by atomic mass is 10.0. The normalized spacial score (nSPS) is 11.0. The summed E-state index contributed by atoms with van der Waals surface area (Å²) >= 11 is 0. The number of carbonyl (C=O) groups excluding carboxylic acids is 1. The fraction of sp³-hybridized carbons (Fsp3) is 0.562. The van der Waals surface area contributed by atoms with Crippen molar-refractivity contribution in [1.82, 2.24) is 5.32 Å². The van der Waals surface area contributed by atoms with Gasteiger partial charge >= 0.3 is 18.1 Å². The van der Waals surface area contributed by atoms with Crippen molar-refractivity contribution in [3.63, 3.8) is 0 Å². The quantitative estimate of drug-likeness (QED) is 0.387. The Bertz CT molecular complexity index is 661. The average molecular weight is 445 g/mol. The van der Waals surface area contributed by atoms with Crippen molar-refractivity contribution < 1.29 is 42.2 Å². The first-order chi connectivity index (χ1) is 12.9. The summed E-state index contributed by atoms with van der Waals surface area (Å²) in [6.07, 6.45) is -3.31. The van der Waals surface area contributed by atoms with E-state index in [0.717, 1.165) is 11.3 Å². The lowest BCUT2D eigenvalue weighted by molar-refractivity contribution is -0.192. The van der Waals surface area contributed by atoms with E-state index in [4.69, 9.17) is 19.4 Å². The number of aliphatic carboxylic acids is 2. The zero-order chi connectivity index (χ0) is 21.9. The number of hydrogen-bond donors (Lipinski definition) is 3. The van der Waals surface area contributed by atoms with Gasteiger partial charge in [-0.15, -0.1) is 0 Å². The van der Waals surface area contributed by atoms with Crippen LogP contribution in [0.4, 0.5) is 13.2 Å². The maximum Gasteiger partial charge on any atom is 0.490 e. The second kappa shape index (κ2) is 12.6. The number of carboxylic acid groups (broad SMARTS) is 2. The molecule has 1 rings (SSSR count). The number of carbonyl (C=O) groups is 3. The van der Waals surface area contributed by atoms with E-state index in [9.17, 15) is 22.8 Å². The molecule has 1 amide bonds. The lowest BCUT2D eigenvalue weighted by Gasteiger charge is -2.08. The summed E-state index contributed by atoms with van der Waals surface area (Å²) in [5.74, 6) is -1.45. The highest BCUT2D eigenvalue weighted by molar-refractivity contribution is 8.76. The summed E-state index contributed by atoms with van der Waals surface area (Å²) in [6.45, 7) is 6.39. The molecule has 28 heavy (non-hydrogen) atoms. The molecule has 0 radical (unpaired) electrons. The third-order valence-corrected chi connectivity index (χ3v) is 5.36. The maximum absolute atomic E-state index is 12.2. The second-order valence-electron chi connectivity index (χ2n) is 5.66. The van der Waals surface area contributed by atoms with Gasteiger partial charge in [-0.3, -0.25) is 9.59 Å². The minimum absolute atomic E-state index is 0.110. The molecule has 0 atom stereocenters. The summed E-state index contributed by atoms with van der Waals surface area (Å²) in [5.41, 5.74) is 1.48. The van der Waals surface area contributed by atoms with Crippen LogP contribution in [-0.2, 0) is 9.59 Å². The van der Waals surface area contributed by atoms with Gasteiger partial charge in [0.15, 0.2) is 0 Å². The van der Waals surface area contributed by atoms with Gasteiger partial charge in [-0.25, -0.2) is 4.79 Å². The monoisotopic (exact) mass is 445 g/mol. The van der Waals surface area contributed by atoms with Crippen LogP contribution >= 0.6 is 21.6 Å². The van der Waals surface area contributed by atoms with Gasteiger partial charge in [-0.1, -0.05) is 35.4 Å². The molecular formula is C16H22F3NO6S2. The number of alkyl halides is 3. The van der Waals surface area contributed by atoms with E-state index in [1.54, 1.807) is 17.1 Å². The molecule has 7 nitrogen and oxygen atoms in total. The standard InChI is InChI=1S/C14H21NO4S2.C2HF3O2/c1-9(2)13-12(10(3)8-19-13)14(18)15-5-7-21-20-6-4-11(16)17;3-2(4,5)1(6)7/h8-9H,4-7H2,1-3H3,(H,15,18)(H,16,17);(H,6,7). The lowest BCUT2D eigenvalue weighted by Crippen LogP contribution is -2.26. The summed E-state index contributed by atoms with van der Waals surface area (Å²) in [6, 6.07) is 0. The fourth-order valence-corrected chi connectivity index (χ4v) is 3.61. The van der Waals surface area contributed by atoms with Crippen LogP contribution in [0.5, 0.6) is 0 Å². The molecule has 0 fully saturated rings. The van der Waals surface area contributed by atoms with Gasteiger partial charge in [0.25, 0.3) is 5.91 Å². The summed E-state index contributed by atoms with van der Waals surface area (Å²) < 4.78 is 37.2. The zero-order valence-corrected chi connectivity index (χ0v) is 17.1. The van der Waals surface area contributed by atoms with E-state index in [-0.39, 0.29) is 18.2 Å². The van der Waals surface area contributed by atoms with Crippen molar-refractivity contribution in [1.29, 1.82) is 0 Å². The molecule has 3 N–H and O–H groups in total. The number of carboxylic acids is 2. The Morgan fingerprint density at radius 1 is 1.18 bits per heavy atom. The number of nitrogens with one attached hydrogen (secondary N) is 1. The molecule has 0 aromatic carbocycles. The van der Waals surface area contributed by atoms with Gasteiger partial charge in [0, 0.05) is 29.5 Å². The third-order valence-electron chi connectivity index (χ3n) is 2.95. The van der Waals surface area contributed by atoms with Crippen LogP contribution in [0.1, 0.15) is 47.9 Å².